The Balaban J connectivity index is 1.96. The molecule has 1 aromatic rings. The number of nitrogens with zero attached hydrogens (tertiary/aromatic N) is 2. The lowest BCUT2D eigenvalue weighted by Crippen LogP contribution is -2.36. The molecule has 3 nitrogen and oxygen atoms in total. The van der Waals surface area contributed by atoms with Crippen molar-refractivity contribution in [2.75, 3.05) is 7.05 Å². The number of hydrogen-bond acceptors (Lipinski definition) is 3. The van der Waals surface area contributed by atoms with Crippen molar-refractivity contribution in [2.24, 2.45) is 10.7 Å². The minimum atomic E-state index is 0.149. The largest absolute Gasteiger partial charge is 0.399 e. The van der Waals surface area contributed by atoms with Crippen LogP contribution in [0.4, 0.5) is 0 Å². The second-order valence-corrected chi connectivity index (χ2v) is 4.94. The molecule has 0 amide bonds. The van der Waals surface area contributed by atoms with E-state index in [0.29, 0.717) is 6.04 Å². The van der Waals surface area contributed by atoms with Crippen molar-refractivity contribution in [3.63, 3.8) is 0 Å². The maximum absolute atomic E-state index is 5.83. The summed E-state index contributed by atoms with van der Waals surface area (Å²) in [6, 6.07) is 8.93. The molecule has 0 aromatic heterocycles. The van der Waals surface area contributed by atoms with E-state index in [1.54, 1.807) is 0 Å². The van der Waals surface area contributed by atoms with Crippen LogP contribution in [0.15, 0.2) is 53.2 Å². The second kappa shape index (κ2) is 4.02. The molecule has 1 aromatic carbocycles. The van der Waals surface area contributed by atoms with Gasteiger partial charge in [0, 0.05) is 18.3 Å². The summed E-state index contributed by atoms with van der Waals surface area (Å²) in [6.07, 6.45) is 6.12. The van der Waals surface area contributed by atoms with Gasteiger partial charge in [0.25, 0.3) is 0 Å². The van der Waals surface area contributed by atoms with Gasteiger partial charge in [-0.25, -0.2) is 0 Å². The molecule has 2 unspecified atom stereocenters. The van der Waals surface area contributed by atoms with E-state index in [1.165, 1.54) is 5.56 Å². The van der Waals surface area contributed by atoms with E-state index >= 15 is 0 Å². The van der Waals surface area contributed by atoms with Crippen LogP contribution in [-0.4, -0.2) is 29.9 Å². The van der Waals surface area contributed by atoms with Crippen molar-refractivity contribution in [3.05, 3.63) is 59.3 Å². The summed E-state index contributed by atoms with van der Waals surface area (Å²) in [4.78, 5) is 6.99. The van der Waals surface area contributed by atoms with E-state index in [9.17, 15) is 0 Å². The van der Waals surface area contributed by atoms with Gasteiger partial charge in [-0.15, -0.1) is 0 Å². The lowest BCUT2D eigenvalue weighted by molar-refractivity contribution is 0.436. The zero-order valence-electron chi connectivity index (χ0n) is 10.7. The number of amidine groups is 1. The molecule has 3 rings (SSSR count). The van der Waals surface area contributed by atoms with Crippen molar-refractivity contribution in [2.45, 2.75) is 19.0 Å². The van der Waals surface area contributed by atoms with Gasteiger partial charge in [-0.1, -0.05) is 35.9 Å². The van der Waals surface area contributed by atoms with Crippen molar-refractivity contribution in [1.82, 2.24) is 4.90 Å². The molecule has 0 bridgehead atoms. The van der Waals surface area contributed by atoms with E-state index in [-0.39, 0.29) is 6.04 Å². The van der Waals surface area contributed by atoms with Crippen molar-refractivity contribution in [3.8, 4) is 0 Å². The minimum Gasteiger partial charge on any atom is -0.399 e. The van der Waals surface area contributed by atoms with Gasteiger partial charge in [-0.2, -0.15) is 0 Å². The molecule has 0 saturated heterocycles. The first-order valence-electron chi connectivity index (χ1n) is 6.18. The Morgan fingerprint density at radius 2 is 1.94 bits per heavy atom. The highest BCUT2D eigenvalue weighted by atomic mass is 15.3. The molecular weight excluding hydrogens is 222 g/mol. The Labute approximate surface area is 107 Å². The molecule has 92 valence electrons. The maximum atomic E-state index is 5.83. The number of allylic oxidation sites excluding steroid dienone is 1. The number of likely N-dealkylation sites (N-methyl/N-ethyl adjacent to an activating group) is 1. The highest BCUT2D eigenvalue weighted by molar-refractivity contribution is 6.00. The summed E-state index contributed by atoms with van der Waals surface area (Å²) >= 11 is 0. The molecule has 0 fully saturated rings. The average molecular weight is 239 g/mol. The van der Waals surface area contributed by atoms with E-state index in [2.05, 4.69) is 49.2 Å². The van der Waals surface area contributed by atoms with Crippen LogP contribution in [0.3, 0.4) is 0 Å². The molecule has 2 atom stereocenters. The molecular formula is C15H17N3. The molecule has 1 heterocycles. The summed E-state index contributed by atoms with van der Waals surface area (Å²) in [6.45, 7) is 2.09. The number of fused-ring (bicyclic) bond motifs is 1. The topological polar surface area (TPSA) is 41.6 Å². The summed E-state index contributed by atoms with van der Waals surface area (Å²) in [5, 5.41) is 0. The van der Waals surface area contributed by atoms with Crippen molar-refractivity contribution >= 4 is 5.84 Å². The number of aryl methyl sites for hydroxylation is 1. The molecule has 0 radical (unpaired) electrons. The Morgan fingerprint density at radius 1 is 1.22 bits per heavy atom. The molecule has 18 heavy (non-hydrogen) atoms. The predicted octanol–water partition coefficient (Wildman–Crippen LogP) is 1.84. The number of hydrogen-bond donors (Lipinski definition) is 1. The number of aliphatic imine (C=N–C) groups is 1. The van der Waals surface area contributed by atoms with E-state index in [1.807, 2.05) is 12.2 Å². The molecule has 0 saturated carbocycles. The number of benzene rings is 1. The third-order valence-electron chi connectivity index (χ3n) is 3.56. The van der Waals surface area contributed by atoms with Gasteiger partial charge in [-0.3, -0.25) is 4.99 Å². The Morgan fingerprint density at radius 3 is 2.67 bits per heavy atom. The van der Waals surface area contributed by atoms with Crippen LogP contribution in [0.1, 0.15) is 11.1 Å². The zero-order chi connectivity index (χ0) is 12.7. The monoisotopic (exact) mass is 239 g/mol. The van der Waals surface area contributed by atoms with E-state index in [4.69, 9.17) is 10.7 Å². The first-order chi connectivity index (χ1) is 8.65. The molecule has 3 heteroatoms. The molecule has 2 N–H and O–H groups in total. The van der Waals surface area contributed by atoms with Crippen LogP contribution in [0, 0.1) is 6.92 Å². The van der Waals surface area contributed by atoms with Crippen LogP contribution in [0.25, 0.3) is 0 Å². The quantitative estimate of drug-likeness (QED) is 0.812. The summed E-state index contributed by atoms with van der Waals surface area (Å²) in [5.74, 6) is 1.04. The van der Waals surface area contributed by atoms with Gasteiger partial charge >= 0.3 is 0 Å². The van der Waals surface area contributed by atoms with Crippen molar-refractivity contribution in [1.29, 1.82) is 0 Å². The fourth-order valence-corrected chi connectivity index (χ4v) is 2.50. The molecule has 1 aliphatic heterocycles. The molecule has 0 spiro atoms. The SMILES string of the molecule is Cc1ccc(C2=NC3C=C(N)C=CC3N2C)cc1. The maximum Gasteiger partial charge on any atom is 0.131 e. The van der Waals surface area contributed by atoms with Gasteiger partial charge in [0.1, 0.15) is 5.84 Å². The van der Waals surface area contributed by atoms with Gasteiger partial charge in [0.05, 0.1) is 12.1 Å². The first-order valence-corrected chi connectivity index (χ1v) is 6.18. The summed E-state index contributed by atoms with van der Waals surface area (Å²) < 4.78 is 0. The van der Waals surface area contributed by atoms with Gasteiger partial charge in [0.2, 0.25) is 0 Å². The summed E-state index contributed by atoms with van der Waals surface area (Å²) in [7, 11) is 2.09. The molecule has 1 aliphatic carbocycles. The predicted molar refractivity (Wildman–Crippen MR) is 74.5 cm³/mol. The smallest absolute Gasteiger partial charge is 0.131 e. The Hall–Kier alpha value is -2.03. The second-order valence-electron chi connectivity index (χ2n) is 4.94. The van der Waals surface area contributed by atoms with Crippen LogP contribution >= 0.6 is 0 Å². The highest BCUT2D eigenvalue weighted by Gasteiger charge is 2.32. The number of rotatable bonds is 1. The summed E-state index contributed by atoms with van der Waals surface area (Å²) in [5.41, 5.74) is 9.06. The first kappa shape index (κ1) is 11.1. The number of nitrogens with two attached hydrogens (primary N) is 1. The van der Waals surface area contributed by atoms with Gasteiger partial charge in [-0.05, 0) is 19.1 Å². The van der Waals surface area contributed by atoms with Crippen molar-refractivity contribution < 1.29 is 0 Å². The Kier molecular flexibility index (Phi) is 2.47. The van der Waals surface area contributed by atoms with Crippen LogP contribution in [-0.2, 0) is 0 Å². The minimum absolute atomic E-state index is 0.149. The van der Waals surface area contributed by atoms with Crippen LogP contribution in [0.2, 0.25) is 0 Å². The zero-order valence-corrected chi connectivity index (χ0v) is 10.7. The van der Waals surface area contributed by atoms with Crippen LogP contribution in [0.5, 0.6) is 0 Å². The van der Waals surface area contributed by atoms with E-state index in [0.717, 1.165) is 17.1 Å². The fraction of sp³-hybridized carbons (Fsp3) is 0.267. The van der Waals surface area contributed by atoms with E-state index < -0.39 is 0 Å². The van der Waals surface area contributed by atoms with Crippen LogP contribution < -0.4 is 5.73 Å². The standard InChI is InChI=1S/C15H17N3/c1-10-3-5-11(6-4-10)15-17-13-9-12(16)7-8-14(13)18(15)2/h3-9,13-14H,16H2,1-2H3. The lowest BCUT2D eigenvalue weighted by Gasteiger charge is -2.25. The third-order valence-corrected chi connectivity index (χ3v) is 3.56. The molecule has 2 aliphatic rings. The lowest BCUT2D eigenvalue weighted by atomic mass is 10.0. The Bertz CT molecular complexity index is 552. The third kappa shape index (κ3) is 1.72. The normalized spacial score (nSPS) is 25.8. The van der Waals surface area contributed by atoms with Gasteiger partial charge in [0.15, 0.2) is 0 Å². The highest BCUT2D eigenvalue weighted by Crippen LogP contribution is 2.25. The fourth-order valence-electron chi connectivity index (χ4n) is 2.50. The average Bonchev–Trinajstić information content (AvgIpc) is 2.67. The van der Waals surface area contributed by atoms with Gasteiger partial charge < -0.3 is 10.6 Å².